The van der Waals surface area contributed by atoms with Gasteiger partial charge in [0.25, 0.3) is 0 Å². The fraction of sp³-hybridized carbons (Fsp3) is 0.400. The summed E-state index contributed by atoms with van der Waals surface area (Å²) in [5.74, 6) is 6.47. The van der Waals surface area contributed by atoms with Crippen molar-refractivity contribution < 1.29 is 9.53 Å². The maximum atomic E-state index is 11.3. The molecule has 2 saturated heterocycles. The van der Waals surface area contributed by atoms with Crippen LogP contribution in [-0.2, 0) is 4.74 Å². The number of ketones is 1. The molecule has 0 aromatic heterocycles. The summed E-state index contributed by atoms with van der Waals surface area (Å²) in [7, 11) is 0. The minimum atomic E-state index is 0.0778. The second kappa shape index (κ2) is 9.26. The molecule has 0 atom stereocenters. The maximum absolute atomic E-state index is 11.3. The molecule has 4 heteroatoms. The van der Waals surface area contributed by atoms with E-state index in [2.05, 4.69) is 45.9 Å². The molecule has 0 unspecified atom stereocenters. The molecule has 0 N–H and O–H groups in total. The van der Waals surface area contributed by atoms with Gasteiger partial charge in [-0.25, -0.2) is 0 Å². The number of morpholine rings is 1. The number of piperidine rings is 1. The predicted molar refractivity (Wildman–Crippen MR) is 116 cm³/mol. The van der Waals surface area contributed by atoms with Gasteiger partial charge in [0.1, 0.15) is 0 Å². The van der Waals surface area contributed by atoms with E-state index >= 15 is 0 Å². The molecule has 2 aromatic carbocycles. The molecule has 0 saturated carbocycles. The lowest BCUT2D eigenvalue weighted by Gasteiger charge is -2.40. The Balaban J connectivity index is 1.33. The van der Waals surface area contributed by atoms with E-state index in [1.807, 2.05) is 24.3 Å². The molecule has 2 fully saturated rings. The summed E-state index contributed by atoms with van der Waals surface area (Å²) < 4.78 is 5.48. The van der Waals surface area contributed by atoms with Crippen LogP contribution in [-0.4, -0.2) is 56.1 Å². The highest BCUT2D eigenvalue weighted by molar-refractivity contribution is 5.94. The zero-order valence-corrected chi connectivity index (χ0v) is 17.1. The Hall–Kier alpha value is -2.61. The Morgan fingerprint density at radius 3 is 1.97 bits per heavy atom. The fourth-order valence-electron chi connectivity index (χ4n) is 4.12. The number of carbonyl (C=O) groups is 1. The van der Waals surface area contributed by atoms with Gasteiger partial charge in [0.15, 0.2) is 5.78 Å². The van der Waals surface area contributed by atoms with Crippen molar-refractivity contribution in [3.63, 3.8) is 0 Å². The van der Waals surface area contributed by atoms with Crippen LogP contribution in [0.25, 0.3) is 0 Å². The zero-order valence-electron chi connectivity index (χ0n) is 17.1. The van der Waals surface area contributed by atoms with Gasteiger partial charge in [-0.05, 0) is 56.2 Å². The Morgan fingerprint density at radius 1 is 0.862 bits per heavy atom. The normalized spacial score (nSPS) is 18.2. The van der Waals surface area contributed by atoms with Crippen LogP contribution in [0, 0.1) is 11.8 Å². The molecular weight excluding hydrogens is 360 g/mol. The topological polar surface area (TPSA) is 32.8 Å². The minimum Gasteiger partial charge on any atom is -0.379 e. The summed E-state index contributed by atoms with van der Waals surface area (Å²) in [6, 6.07) is 16.7. The summed E-state index contributed by atoms with van der Waals surface area (Å²) >= 11 is 0. The van der Waals surface area contributed by atoms with E-state index in [1.54, 1.807) is 6.92 Å². The number of rotatable bonds is 3. The monoisotopic (exact) mass is 388 g/mol. The molecule has 2 heterocycles. The molecule has 0 aliphatic carbocycles. The van der Waals surface area contributed by atoms with Crippen molar-refractivity contribution in [3.05, 3.63) is 65.2 Å². The minimum absolute atomic E-state index is 0.0778. The summed E-state index contributed by atoms with van der Waals surface area (Å²) in [5.41, 5.74) is 3.93. The van der Waals surface area contributed by atoms with Gasteiger partial charge in [0.2, 0.25) is 0 Å². The molecular formula is C25H28N2O2. The molecule has 2 aromatic rings. The smallest absolute Gasteiger partial charge is 0.159 e. The molecule has 0 bridgehead atoms. The largest absolute Gasteiger partial charge is 0.379 e. The molecule has 2 aliphatic heterocycles. The van der Waals surface area contributed by atoms with Gasteiger partial charge in [0, 0.05) is 54.6 Å². The van der Waals surface area contributed by atoms with Gasteiger partial charge in [-0.15, -0.1) is 0 Å². The van der Waals surface area contributed by atoms with Crippen LogP contribution in [0.4, 0.5) is 5.69 Å². The Kier molecular flexibility index (Phi) is 6.29. The lowest BCUT2D eigenvalue weighted by atomic mass is 10.0. The van der Waals surface area contributed by atoms with E-state index in [9.17, 15) is 4.79 Å². The maximum Gasteiger partial charge on any atom is 0.159 e. The molecule has 2 aliphatic rings. The van der Waals surface area contributed by atoms with Crippen LogP contribution in [0.2, 0.25) is 0 Å². The van der Waals surface area contributed by atoms with Gasteiger partial charge in [-0.1, -0.05) is 24.0 Å². The van der Waals surface area contributed by atoms with Crippen molar-refractivity contribution >= 4 is 11.5 Å². The van der Waals surface area contributed by atoms with Crippen molar-refractivity contribution in [1.29, 1.82) is 0 Å². The highest BCUT2D eigenvalue weighted by Gasteiger charge is 2.25. The number of anilines is 1. The molecule has 0 spiro atoms. The van der Waals surface area contributed by atoms with Crippen LogP contribution in [0.3, 0.4) is 0 Å². The molecule has 4 nitrogen and oxygen atoms in total. The molecule has 4 rings (SSSR count). The quantitative estimate of drug-likeness (QED) is 0.594. The third-order valence-corrected chi connectivity index (χ3v) is 5.90. The van der Waals surface area contributed by atoms with Gasteiger partial charge in [0.05, 0.1) is 13.2 Å². The first kappa shape index (κ1) is 19.7. The van der Waals surface area contributed by atoms with Crippen molar-refractivity contribution in [2.75, 3.05) is 44.3 Å². The third-order valence-electron chi connectivity index (χ3n) is 5.90. The average molecular weight is 389 g/mol. The Labute approximate surface area is 173 Å². The summed E-state index contributed by atoms with van der Waals surface area (Å²) in [6.45, 7) is 7.71. The summed E-state index contributed by atoms with van der Waals surface area (Å²) in [6.07, 6.45) is 2.44. The summed E-state index contributed by atoms with van der Waals surface area (Å²) in [5, 5.41) is 0. The van der Waals surface area contributed by atoms with Gasteiger partial charge < -0.3 is 9.64 Å². The zero-order chi connectivity index (χ0) is 20.1. The van der Waals surface area contributed by atoms with E-state index in [0.29, 0.717) is 6.04 Å². The number of carbonyl (C=O) groups excluding carboxylic acids is 1. The first-order valence-corrected chi connectivity index (χ1v) is 10.5. The molecule has 0 radical (unpaired) electrons. The number of hydrogen-bond acceptors (Lipinski definition) is 4. The highest BCUT2D eigenvalue weighted by Crippen LogP contribution is 2.23. The first-order chi connectivity index (χ1) is 14.2. The van der Waals surface area contributed by atoms with Crippen molar-refractivity contribution in [3.8, 4) is 11.8 Å². The van der Waals surface area contributed by atoms with Crippen molar-refractivity contribution in [2.24, 2.45) is 0 Å². The second-order valence-electron chi connectivity index (χ2n) is 7.80. The van der Waals surface area contributed by atoms with E-state index in [4.69, 9.17) is 4.74 Å². The third kappa shape index (κ3) is 5.06. The van der Waals surface area contributed by atoms with Crippen LogP contribution in [0.1, 0.15) is 41.3 Å². The van der Waals surface area contributed by atoms with Crippen LogP contribution >= 0.6 is 0 Å². The fourth-order valence-corrected chi connectivity index (χ4v) is 4.12. The van der Waals surface area contributed by atoms with E-state index in [1.165, 1.54) is 18.5 Å². The van der Waals surface area contributed by atoms with Crippen molar-refractivity contribution in [1.82, 2.24) is 4.90 Å². The van der Waals surface area contributed by atoms with Gasteiger partial charge in [-0.3, -0.25) is 9.69 Å². The van der Waals surface area contributed by atoms with Crippen LogP contribution in [0.5, 0.6) is 0 Å². The lowest BCUT2D eigenvalue weighted by Crippen LogP contribution is -2.49. The van der Waals surface area contributed by atoms with E-state index < -0.39 is 0 Å². The number of hydrogen-bond donors (Lipinski definition) is 0. The van der Waals surface area contributed by atoms with Crippen molar-refractivity contribution in [2.45, 2.75) is 25.8 Å². The van der Waals surface area contributed by atoms with Gasteiger partial charge >= 0.3 is 0 Å². The van der Waals surface area contributed by atoms with Crippen LogP contribution in [0.15, 0.2) is 48.5 Å². The predicted octanol–water partition coefficient (Wildman–Crippen LogP) is 3.59. The Morgan fingerprint density at radius 2 is 1.41 bits per heavy atom. The number of Topliss-reactive ketones (excluding diaryl/α,β-unsaturated/α-hetero) is 1. The summed E-state index contributed by atoms with van der Waals surface area (Å²) in [4.78, 5) is 16.4. The number of benzene rings is 2. The van der Waals surface area contributed by atoms with E-state index in [-0.39, 0.29) is 5.78 Å². The first-order valence-electron chi connectivity index (χ1n) is 10.5. The molecule has 150 valence electrons. The molecule has 0 amide bonds. The number of nitrogens with zero attached hydrogens (tertiary/aromatic N) is 2. The SMILES string of the molecule is CC(=O)c1ccc(C#Cc2ccc(N3CCC(N4CCOCC4)CC3)cc2)cc1. The highest BCUT2D eigenvalue weighted by atomic mass is 16.5. The lowest BCUT2D eigenvalue weighted by molar-refractivity contribution is 0.0115. The average Bonchev–Trinajstić information content (AvgIpc) is 2.79. The van der Waals surface area contributed by atoms with E-state index in [0.717, 1.165) is 56.1 Å². The Bertz CT molecular complexity index is 879. The number of ether oxygens (including phenoxy) is 1. The van der Waals surface area contributed by atoms with Gasteiger partial charge in [-0.2, -0.15) is 0 Å². The molecule has 29 heavy (non-hydrogen) atoms. The second-order valence-corrected chi connectivity index (χ2v) is 7.80. The standard InChI is InChI=1S/C25H28N2O2/c1-20(28)23-8-4-21(5-9-23)2-3-22-6-10-24(11-7-22)26-14-12-25(13-15-26)27-16-18-29-19-17-27/h4-11,25H,12-19H2,1H3. The van der Waals surface area contributed by atoms with Crippen LogP contribution < -0.4 is 4.90 Å².